The lowest BCUT2D eigenvalue weighted by atomic mass is 10.1. The average Bonchev–Trinajstić information content (AvgIpc) is 2.67. The molecule has 2 rings (SSSR count). The van der Waals surface area contributed by atoms with E-state index in [1.54, 1.807) is 21.4 Å². The summed E-state index contributed by atoms with van der Waals surface area (Å²) in [5.74, 6) is 2.42. The third kappa shape index (κ3) is 2.46. The largest absolute Gasteiger partial charge is 0.130 e. The minimum absolute atomic E-state index is 0.00489. The highest BCUT2D eigenvalue weighted by Crippen LogP contribution is 2.56. The van der Waals surface area contributed by atoms with Crippen LogP contribution in [0.25, 0.3) is 10.2 Å². The SMILES string of the molecule is CCc1c(CC)p([Si](C)(C)C)c2c(C)c(C)cpc12. The lowest BCUT2D eigenvalue weighted by Crippen LogP contribution is -2.13. The Morgan fingerprint density at radius 1 is 1.11 bits per heavy atom. The number of aryl methyl sites for hydroxylation is 3. The minimum atomic E-state index is -1.15. The van der Waals surface area contributed by atoms with Gasteiger partial charge in [-0.1, -0.05) is 41.7 Å². The highest BCUT2D eigenvalue weighted by molar-refractivity contribution is 7.93. The molecule has 19 heavy (non-hydrogen) atoms. The molecule has 2 aromatic heterocycles. The molecule has 0 aliphatic carbocycles. The molecule has 3 heteroatoms. The quantitative estimate of drug-likeness (QED) is 0.545. The van der Waals surface area contributed by atoms with Gasteiger partial charge in [0.15, 0.2) is 0 Å². The first-order chi connectivity index (χ1) is 8.82. The minimum Gasteiger partial charge on any atom is -0.130 e. The van der Waals surface area contributed by atoms with Crippen molar-refractivity contribution in [2.75, 3.05) is 0 Å². The summed E-state index contributed by atoms with van der Waals surface area (Å²) in [5, 5.41) is 5.30. The number of fused-ring (bicyclic) bond motifs is 1. The van der Waals surface area contributed by atoms with Crippen LogP contribution in [0.1, 0.15) is 35.8 Å². The topological polar surface area (TPSA) is 0 Å². The van der Waals surface area contributed by atoms with Crippen molar-refractivity contribution in [2.45, 2.75) is 60.2 Å². The van der Waals surface area contributed by atoms with Crippen molar-refractivity contribution < 1.29 is 0 Å². The maximum absolute atomic E-state index is 2.56. The summed E-state index contributed by atoms with van der Waals surface area (Å²) in [6, 6.07) is 0. The van der Waals surface area contributed by atoms with Crippen LogP contribution in [0.5, 0.6) is 0 Å². The van der Waals surface area contributed by atoms with Crippen LogP contribution < -0.4 is 0 Å². The average molecular weight is 308 g/mol. The van der Waals surface area contributed by atoms with E-state index >= 15 is 0 Å². The van der Waals surface area contributed by atoms with Gasteiger partial charge in [-0.25, -0.2) is 0 Å². The maximum Gasteiger partial charge on any atom is 0.0991 e. The van der Waals surface area contributed by atoms with Crippen molar-refractivity contribution in [3.05, 3.63) is 27.8 Å². The maximum atomic E-state index is 2.56. The van der Waals surface area contributed by atoms with Crippen LogP contribution in [-0.2, 0) is 12.8 Å². The Balaban J connectivity index is 3.02. The van der Waals surface area contributed by atoms with Gasteiger partial charge < -0.3 is 0 Å². The van der Waals surface area contributed by atoms with Crippen molar-refractivity contribution in [1.82, 2.24) is 0 Å². The van der Waals surface area contributed by atoms with Crippen LogP contribution in [0.4, 0.5) is 0 Å². The molecule has 2 heterocycles. The van der Waals surface area contributed by atoms with Gasteiger partial charge in [-0.2, -0.15) is 0 Å². The Bertz CT molecular complexity index is 618. The molecule has 0 amide bonds. The Morgan fingerprint density at radius 2 is 1.74 bits per heavy atom. The van der Waals surface area contributed by atoms with Gasteiger partial charge in [-0.3, -0.25) is 0 Å². The molecule has 0 aromatic carbocycles. The number of rotatable bonds is 3. The van der Waals surface area contributed by atoms with E-state index in [4.69, 9.17) is 0 Å². The van der Waals surface area contributed by atoms with Gasteiger partial charge in [0.05, 0.1) is 7.74 Å². The van der Waals surface area contributed by atoms with Gasteiger partial charge in [-0.05, 0) is 54.5 Å². The van der Waals surface area contributed by atoms with Crippen LogP contribution in [-0.4, -0.2) is 7.74 Å². The lowest BCUT2D eigenvalue weighted by Gasteiger charge is -2.21. The molecular formula is C16H26P2Si. The molecule has 0 aliphatic rings. The predicted octanol–water partition coefficient (Wildman–Crippen LogP) is 6.83. The molecule has 0 spiro atoms. The second kappa shape index (κ2) is 5.36. The third-order valence-corrected chi connectivity index (χ3v) is 14.5. The van der Waals surface area contributed by atoms with Crippen molar-refractivity contribution in [2.24, 2.45) is 0 Å². The van der Waals surface area contributed by atoms with Crippen LogP contribution in [0.15, 0.2) is 5.80 Å². The van der Waals surface area contributed by atoms with E-state index in [2.05, 4.69) is 53.1 Å². The van der Waals surface area contributed by atoms with E-state index in [9.17, 15) is 0 Å². The molecule has 1 atom stereocenters. The first kappa shape index (κ1) is 15.3. The Kier molecular flexibility index (Phi) is 4.31. The summed E-state index contributed by atoms with van der Waals surface area (Å²) in [7, 11) is 0.303. The van der Waals surface area contributed by atoms with Crippen LogP contribution in [0.2, 0.25) is 19.6 Å². The number of hydrogen-bond acceptors (Lipinski definition) is 0. The predicted molar refractivity (Wildman–Crippen MR) is 96.1 cm³/mol. The zero-order valence-electron chi connectivity index (χ0n) is 13.4. The van der Waals surface area contributed by atoms with Crippen molar-refractivity contribution in [3.63, 3.8) is 0 Å². The summed E-state index contributed by atoms with van der Waals surface area (Å²) >= 11 is 0. The molecule has 104 valence electrons. The van der Waals surface area contributed by atoms with E-state index in [1.807, 2.05) is 5.30 Å². The molecule has 2 aromatic rings. The van der Waals surface area contributed by atoms with Gasteiger partial charge >= 0.3 is 0 Å². The van der Waals surface area contributed by atoms with Crippen molar-refractivity contribution in [1.29, 1.82) is 0 Å². The summed E-state index contributed by atoms with van der Waals surface area (Å²) in [6.45, 7) is 17.1. The molecule has 0 nitrogen and oxygen atoms in total. The van der Waals surface area contributed by atoms with Gasteiger partial charge in [0, 0.05) is 10.2 Å². The third-order valence-electron chi connectivity index (χ3n) is 4.05. The molecular weight excluding hydrogens is 282 g/mol. The van der Waals surface area contributed by atoms with E-state index < -0.39 is 7.74 Å². The number of hydrogen-bond donors (Lipinski definition) is 0. The Labute approximate surface area is 121 Å². The fraction of sp³-hybridized carbons (Fsp3) is 0.562. The monoisotopic (exact) mass is 308 g/mol. The normalized spacial score (nSPS) is 13.7. The molecule has 1 unspecified atom stereocenters. The van der Waals surface area contributed by atoms with E-state index in [0.717, 1.165) is 0 Å². The zero-order valence-corrected chi connectivity index (χ0v) is 16.2. The molecule has 0 N–H and O–H groups in total. The van der Waals surface area contributed by atoms with Crippen LogP contribution >= 0.6 is 15.3 Å². The van der Waals surface area contributed by atoms with Gasteiger partial charge in [0.2, 0.25) is 0 Å². The Morgan fingerprint density at radius 3 is 2.21 bits per heavy atom. The van der Waals surface area contributed by atoms with E-state index in [1.165, 1.54) is 26.6 Å². The smallest absolute Gasteiger partial charge is 0.0991 e. The van der Waals surface area contributed by atoms with Crippen molar-refractivity contribution >= 4 is 33.3 Å². The van der Waals surface area contributed by atoms with Gasteiger partial charge in [-0.15, -0.1) is 7.08 Å². The fourth-order valence-corrected chi connectivity index (χ4v) is 14.8. The molecule has 0 saturated heterocycles. The molecule has 0 bridgehead atoms. The molecule has 0 radical (unpaired) electrons. The van der Waals surface area contributed by atoms with Crippen molar-refractivity contribution in [3.8, 4) is 0 Å². The zero-order chi connectivity index (χ0) is 14.4. The fourth-order valence-electron chi connectivity index (χ4n) is 3.07. The van der Waals surface area contributed by atoms with Crippen LogP contribution in [0, 0.1) is 13.8 Å². The summed E-state index contributed by atoms with van der Waals surface area (Å²) in [5.41, 5.74) is 4.83. The highest BCUT2D eigenvalue weighted by Gasteiger charge is 2.27. The van der Waals surface area contributed by atoms with E-state index in [0.29, 0.717) is 0 Å². The van der Waals surface area contributed by atoms with Crippen LogP contribution in [0.3, 0.4) is 0 Å². The standard InChI is InChI=1S/C16H26P2Si/c1-8-13-14(9-2)18(19(5,6)7)16-12(4)11(3)10-17-15(13)16/h10H,8-9H2,1-7H3. The molecule has 0 saturated carbocycles. The second-order valence-corrected chi connectivity index (χ2v) is 18.7. The first-order valence-corrected chi connectivity index (χ1v) is 14.0. The highest BCUT2D eigenvalue weighted by atomic mass is 31.4. The summed E-state index contributed by atoms with van der Waals surface area (Å²) in [6.07, 6.45) is 2.48. The van der Waals surface area contributed by atoms with Gasteiger partial charge in [0.25, 0.3) is 0 Å². The molecule has 0 fully saturated rings. The Hall–Kier alpha value is -0.0931. The molecule has 0 aliphatic heterocycles. The lowest BCUT2D eigenvalue weighted by molar-refractivity contribution is 1.09. The summed E-state index contributed by atoms with van der Waals surface area (Å²) < 4.78 is 0. The second-order valence-electron chi connectivity index (χ2n) is 6.40. The first-order valence-electron chi connectivity index (χ1n) is 7.31. The van der Waals surface area contributed by atoms with E-state index in [-0.39, 0.29) is 7.08 Å². The van der Waals surface area contributed by atoms with Gasteiger partial charge in [0.1, 0.15) is 0 Å². The summed E-state index contributed by atoms with van der Waals surface area (Å²) in [4.78, 5) is 0.